The van der Waals surface area contributed by atoms with Crippen molar-refractivity contribution in [2.45, 2.75) is 53.6 Å². The van der Waals surface area contributed by atoms with Crippen molar-refractivity contribution in [3.8, 4) is 0 Å². The number of rotatable bonds is 11. The number of carbonyl (C=O) groups excluding carboxylic acids is 2. The average Bonchev–Trinajstić information content (AvgIpc) is 2.79. The summed E-state index contributed by atoms with van der Waals surface area (Å²) in [6.07, 6.45) is 1.91. The number of anilines is 1. The minimum atomic E-state index is -3.73. The number of amides is 2. The van der Waals surface area contributed by atoms with Gasteiger partial charge in [-0.1, -0.05) is 62.7 Å². The van der Waals surface area contributed by atoms with Gasteiger partial charge in [-0.15, -0.1) is 0 Å². The Morgan fingerprint density at radius 3 is 2.00 bits per heavy atom. The van der Waals surface area contributed by atoms with Crippen LogP contribution in [0.5, 0.6) is 0 Å². The van der Waals surface area contributed by atoms with Gasteiger partial charge in [-0.25, -0.2) is 8.42 Å². The summed E-state index contributed by atoms with van der Waals surface area (Å²) >= 11 is 0. The van der Waals surface area contributed by atoms with Crippen LogP contribution in [0, 0.1) is 12.8 Å². The molecule has 2 aromatic carbocycles. The summed E-state index contributed by atoms with van der Waals surface area (Å²) in [5.74, 6) is -0.450. The monoisotopic (exact) mass is 487 g/mol. The van der Waals surface area contributed by atoms with Crippen LogP contribution in [0.4, 0.5) is 5.69 Å². The molecule has 2 rings (SSSR count). The molecule has 0 saturated heterocycles. The van der Waals surface area contributed by atoms with Crippen LogP contribution in [0.1, 0.15) is 44.4 Å². The van der Waals surface area contributed by atoms with Crippen molar-refractivity contribution in [1.82, 2.24) is 10.2 Å². The van der Waals surface area contributed by atoms with Gasteiger partial charge in [-0.2, -0.15) is 0 Å². The Balaban J connectivity index is 2.34. The normalized spacial score (nSPS) is 12.3. The summed E-state index contributed by atoms with van der Waals surface area (Å²) in [5, 5.41) is 2.88. The van der Waals surface area contributed by atoms with Crippen LogP contribution in [-0.2, 0) is 32.6 Å². The fourth-order valence-corrected chi connectivity index (χ4v) is 4.29. The van der Waals surface area contributed by atoms with Gasteiger partial charge in [0.1, 0.15) is 12.6 Å². The standard InChI is InChI=1S/C26H37N3O4S/c1-7-22-12-14-24(15-13-22)29(34(6,32)33)18-25(30)28(17-23-10-8-20(4)9-11-23)21(5)26(31)27-16-19(2)3/h8-15,19,21H,7,16-18H2,1-6H3,(H,27,31)/t21-/m1/s1. The smallest absolute Gasteiger partial charge is 0.244 e. The maximum Gasteiger partial charge on any atom is 0.244 e. The molecule has 2 aromatic rings. The minimum absolute atomic E-state index is 0.196. The van der Waals surface area contributed by atoms with Crippen molar-refractivity contribution in [2.24, 2.45) is 5.92 Å². The molecule has 7 nitrogen and oxygen atoms in total. The van der Waals surface area contributed by atoms with Gasteiger partial charge >= 0.3 is 0 Å². The molecule has 0 aromatic heterocycles. The first kappa shape index (κ1) is 27.4. The van der Waals surface area contributed by atoms with Crippen molar-refractivity contribution >= 4 is 27.5 Å². The second-order valence-electron chi connectivity index (χ2n) is 9.11. The number of hydrogen-bond acceptors (Lipinski definition) is 4. The molecule has 0 fully saturated rings. The number of aryl methyl sites for hydroxylation is 2. The summed E-state index contributed by atoms with van der Waals surface area (Å²) < 4.78 is 26.3. The molecular weight excluding hydrogens is 450 g/mol. The predicted molar refractivity (Wildman–Crippen MR) is 137 cm³/mol. The van der Waals surface area contributed by atoms with E-state index >= 15 is 0 Å². The topological polar surface area (TPSA) is 86.8 Å². The van der Waals surface area contributed by atoms with Crippen LogP contribution in [0.15, 0.2) is 48.5 Å². The van der Waals surface area contributed by atoms with E-state index in [0.29, 0.717) is 12.2 Å². The first-order valence-corrected chi connectivity index (χ1v) is 13.5. The first-order valence-electron chi connectivity index (χ1n) is 11.6. The lowest BCUT2D eigenvalue weighted by molar-refractivity contribution is -0.139. The molecule has 0 unspecified atom stereocenters. The molecule has 1 N–H and O–H groups in total. The Morgan fingerprint density at radius 1 is 0.941 bits per heavy atom. The van der Waals surface area contributed by atoms with Crippen LogP contribution in [0.2, 0.25) is 0 Å². The van der Waals surface area contributed by atoms with E-state index in [4.69, 9.17) is 0 Å². The molecule has 0 radical (unpaired) electrons. The Bertz CT molecular complexity index is 1060. The van der Waals surface area contributed by atoms with Gasteiger partial charge in [0, 0.05) is 13.1 Å². The molecule has 0 heterocycles. The van der Waals surface area contributed by atoms with Gasteiger partial charge in [0.2, 0.25) is 21.8 Å². The molecule has 0 bridgehead atoms. The third-order valence-corrected chi connectivity index (χ3v) is 6.78. The van der Waals surface area contributed by atoms with E-state index in [-0.39, 0.29) is 18.4 Å². The van der Waals surface area contributed by atoms with Crippen LogP contribution in [0.3, 0.4) is 0 Å². The van der Waals surface area contributed by atoms with Crippen LogP contribution >= 0.6 is 0 Å². The van der Waals surface area contributed by atoms with Crippen molar-refractivity contribution in [1.29, 1.82) is 0 Å². The minimum Gasteiger partial charge on any atom is -0.354 e. The molecule has 34 heavy (non-hydrogen) atoms. The highest BCUT2D eigenvalue weighted by Gasteiger charge is 2.30. The molecule has 2 amide bonds. The van der Waals surface area contributed by atoms with Gasteiger partial charge in [-0.3, -0.25) is 13.9 Å². The summed E-state index contributed by atoms with van der Waals surface area (Å²) in [6.45, 7) is 9.95. The van der Waals surface area contributed by atoms with Gasteiger partial charge in [0.15, 0.2) is 0 Å². The summed E-state index contributed by atoms with van der Waals surface area (Å²) in [5.41, 5.74) is 3.43. The Hall–Kier alpha value is -2.87. The number of sulfonamides is 1. The molecular formula is C26H37N3O4S. The summed E-state index contributed by atoms with van der Waals surface area (Å²) in [4.78, 5) is 27.8. The third-order valence-electron chi connectivity index (χ3n) is 5.64. The summed E-state index contributed by atoms with van der Waals surface area (Å²) in [7, 11) is -3.73. The van der Waals surface area contributed by atoms with E-state index in [0.717, 1.165) is 33.7 Å². The zero-order valence-electron chi connectivity index (χ0n) is 21.0. The highest BCUT2D eigenvalue weighted by atomic mass is 32.2. The van der Waals surface area contributed by atoms with E-state index in [2.05, 4.69) is 5.32 Å². The second kappa shape index (κ2) is 12.0. The molecule has 0 aliphatic heterocycles. The maximum absolute atomic E-state index is 13.5. The largest absolute Gasteiger partial charge is 0.354 e. The lowest BCUT2D eigenvalue weighted by Crippen LogP contribution is -2.51. The van der Waals surface area contributed by atoms with Crippen LogP contribution < -0.4 is 9.62 Å². The fourth-order valence-electron chi connectivity index (χ4n) is 3.44. The van der Waals surface area contributed by atoms with Crippen molar-refractivity contribution < 1.29 is 18.0 Å². The first-order chi connectivity index (χ1) is 15.9. The highest BCUT2D eigenvalue weighted by Crippen LogP contribution is 2.20. The zero-order chi connectivity index (χ0) is 25.5. The maximum atomic E-state index is 13.5. The van der Waals surface area contributed by atoms with Gasteiger partial charge in [-0.05, 0) is 49.4 Å². The molecule has 8 heteroatoms. The van der Waals surface area contributed by atoms with Crippen molar-refractivity contribution in [2.75, 3.05) is 23.7 Å². The van der Waals surface area contributed by atoms with Crippen molar-refractivity contribution in [3.63, 3.8) is 0 Å². The molecule has 186 valence electrons. The van der Waals surface area contributed by atoms with Gasteiger partial charge in [0.25, 0.3) is 0 Å². The third kappa shape index (κ3) is 7.87. The SMILES string of the molecule is CCc1ccc(N(CC(=O)N(Cc2ccc(C)cc2)[C@H](C)C(=O)NCC(C)C)S(C)(=O)=O)cc1. The van der Waals surface area contributed by atoms with Crippen molar-refractivity contribution in [3.05, 3.63) is 65.2 Å². The Morgan fingerprint density at radius 2 is 1.50 bits per heavy atom. The number of carbonyl (C=O) groups is 2. The average molecular weight is 488 g/mol. The van der Waals surface area contributed by atoms with Crippen LogP contribution in [0.25, 0.3) is 0 Å². The van der Waals surface area contributed by atoms with Crippen LogP contribution in [-0.4, -0.2) is 50.5 Å². The summed E-state index contributed by atoms with van der Waals surface area (Å²) in [6, 6.07) is 14.1. The molecule has 0 aliphatic carbocycles. The van der Waals surface area contributed by atoms with Gasteiger partial charge < -0.3 is 10.2 Å². The van der Waals surface area contributed by atoms with Gasteiger partial charge in [0.05, 0.1) is 11.9 Å². The van der Waals surface area contributed by atoms with E-state index in [1.54, 1.807) is 19.1 Å². The lowest BCUT2D eigenvalue weighted by Gasteiger charge is -2.31. The van der Waals surface area contributed by atoms with E-state index in [1.807, 2.05) is 64.1 Å². The predicted octanol–water partition coefficient (Wildman–Crippen LogP) is 3.51. The quantitative estimate of drug-likeness (QED) is 0.525. The Kier molecular flexibility index (Phi) is 9.67. The molecule has 1 atom stereocenters. The number of hydrogen-bond donors (Lipinski definition) is 1. The molecule has 0 saturated carbocycles. The Labute approximate surface area is 204 Å². The number of nitrogens with one attached hydrogen (secondary N) is 1. The zero-order valence-corrected chi connectivity index (χ0v) is 21.9. The number of benzene rings is 2. The van der Waals surface area contributed by atoms with E-state index in [1.165, 1.54) is 4.90 Å². The number of nitrogens with zero attached hydrogens (tertiary/aromatic N) is 2. The second-order valence-corrected chi connectivity index (χ2v) is 11.0. The molecule has 0 aliphatic rings. The highest BCUT2D eigenvalue weighted by molar-refractivity contribution is 7.92. The molecule has 0 spiro atoms. The fraction of sp³-hybridized carbons (Fsp3) is 0.462. The lowest BCUT2D eigenvalue weighted by atomic mass is 10.1. The van der Waals surface area contributed by atoms with E-state index < -0.39 is 28.5 Å². The van der Waals surface area contributed by atoms with E-state index in [9.17, 15) is 18.0 Å².